The number of amides is 1. The summed E-state index contributed by atoms with van der Waals surface area (Å²) in [7, 11) is 0. The Labute approximate surface area is 172 Å². The van der Waals surface area contributed by atoms with Crippen LogP contribution in [0.4, 0.5) is 10.1 Å². The number of aromatic nitrogens is 2. The van der Waals surface area contributed by atoms with Crippen molar-refractivity contribution in [3.63, 3.8) is 0 Å². The van der Waals surface area contributed by atoms with Gasteiger partial charge in [0.2, 0.25) is 0 Å². The van der Waals surface area contributed by atoms with Crippen molar-refractivity contribution in [3.05, 3.63) is 70.3 Å². The van der Waals surface area contributed by atoms with Gasteiger partial charge in [-0.1, -0.05) is 23.7 Å². The van der Waals surface area contributed by atoms with Gasteiger partial charge >= 0.3 is 5.97 Å². The average molecular weight is 416 g/mol. The summed E-state index contributed by atoms with van der Waals surface area (Å²) >= 11 is 5.69. The Morgan fingerprint density at radius 2 is 1.86 bits per heavy atom. The van der Waals surface area contributed by atoms with Gasteiger partial charge in [-0.2, -0.15) is 0 Å². The third-order valence-electron chi connectivity index (χ3n) is 4.36. The van der Waals surface area contributed by atoms with Crippen molar-refractivity contribution < 1.29 is 18.7 Å². The molecule has 0 saturated heterocycles. The van der Waals surface area contributed by atoms with E-state index < -0.39 is 23.8 Å². The van der Waals surface area contributed by atoms with E-state index in [1.165, 1.54) is 19.1 Å². The third kappa shape index (κ3) is 4.81. The predicted molar refractivity (Wildman–Crippen MR) is 108 cm³/mol. The number of halogens is 2. The van der Waals surface area contributed by atoms with Gasteiger partial charge in [-0.15, -0.1) is 0 Å². The molecule has 2 aromatic carbocycles. The zero-order valence-electron chi connectivity index (χ0n) is 16.0. The lowest BCUT2D eigenvalue weighted by atomic mass is 10.1. The topological polar surface area (TPSA) is 84.1 Å². The Bertz CT molecular complexity index is 1040. The highest BCUT2D eigenvalue weighted by Gasteiger charge is 2.19. The van der Waals surface area contributed by atoms with Gasteiger partial charge in [0.05, 0.1) is 16.3 Å². The summed E-state index contributed by atoms with van der Waals surface area (Å²) in [5.74, 6) is -1.07. The van der Waals surface area contributed by atoms with E-state index in [1.807, 2.05) is 13.8 Å². The summed E-state index contributed by atoms with van der Waals surface area (Å²) in [6.45, 7) is 5.29. The van der Waals surface area contributed by atoms with Crippen molar-refractivity contribution in [2.75, 3.05) is 5.32 Å². The summed E-state index contributed by atoms with van der Waals surface area (Å²) in [5.41, 5.74) is 3.32. The minimum Gasteiger partial charge on any atom is -0.449 e. The van der Waals surface area contributed by atoms with E-state index in [-0.39, 0.29) is 5.02 Å². The van der Waals surface area contributed by atoms with E-state index >= 15 is 0 Å². The van der Waals surface area contributed by atoms with Crippen molar-refractivity contribution >= 4 is 29.2 Å². The lowest BCUT2D eigenvalue weighted by Crippen LogP contribution is -2.30. The second kappa shape index (κ2) is 8.45. The van der Waals surface area contributed by atoms with Crippen molar-refractivity contribution in [1.82, 2.24) is 9.97 Å². The average Bonchev–Trinajstić information content (AvgIpc) is 3.03. The summed E-state index contributed by atoms with van der Waals surface area (Å²) in [5, 5.41) is 2.41. The Kier molecular flexibility index (Phi) is 5.98. The van der Waals surface area contributed by atoms with Crippen LogP contribution >= 0.6 is 11.6 Å². The van der Waals surface area contributed by atoms with Crippen LogP contribution in [-0.2, 0) is 9.53 Å². The first-order valence-electron chi connectivity index (χ1n) is 8.85. The number of nitrogens with one attached hydrogen (secondary N) is 2. The minimum absolute atomic E-state index is 0.116. The molecule has 0 bridgehead atoms. The van der Waals surface area contributed by atoms with Crippen LogP contribution in [-0.4, -0.2) is 27.9 Å². The maximum atomic E-state index is 13.2. The van der Waals surface area contributed by atoms with Crippen molar-refractivity contribution in [2.45, 2.75) is 26.9 Å². The standard InChI is InChI=1S/C21H19ClFN3O3/c1-11-12(2)25-19(24-11)14-4-6-15(7-5-14)21(28)29-13(3)20(27)26-16-8-9-18(23)17(22)10-16/h4-10,13H,1-3H3,(H,24,25)(H,26,27). The molecule has 150 valence electrons. The molecule has 6 nitrogen and oxygen atoms in total. The molecular formula is C21H19ClFN3O3. The van der Waals surface area contributed by atoms with Gasteiger partial charge in [-0.3, -0.25) is 4.79 Å². The summed E-state index contributed by atoms with van der Waals surface area (Å²) in [6, 6.07) is 10.5. The highest BCUT2D eigenvalue weighted by Crippen LogP contribution is 2.21. The van der Waals surface area contributed by atoms with Crippen LogP contribution in [0, 0.1) is 19.7 Å². The zero-order valence-corrected chi connectivity index (χ0v) is 16.8. The van der Waals surface area contributed by atoms with Crippen molar-refractivity contribution in [3.8, 4) is 11.4 Å². The van der Waals surface area contributed by atoms with Crippen LogP contribution in [0.2, 0.25) is 5.02 Å². The van der Waals surface area contributed by atoms with Gasteiger partial charge < -0.3 is 15.0 Å². The monoisotopic (exact) mass is 415 g/mol. The molecule has 0 aliphatic carbocycles. The molecule has 0 aliphatic heterocycles. The van der Waals surface area contributed by atoms with Crippen molar-refractivity contribution in [1.29, 1.82) is 0 Å². The number of hydrogen-bond acceptors (Lipinski definition) is 4. The SMILES string of the molecule is Cc1nc(-c2ccc(C(=O)OC(C)C(=O)Nc3ccc(F)c(Cl)c3)cc2)[nH]c1C. The highest BCUT2D eigenvalue weighted by atomic mass is 35.5. The number of esters is 1. The molecule has 0 radical (unpaired) electrons. The first kappa shape index (κ1) is 20.5. The summed E-state index contributed by atoms with van der Waals surface area (Å²) < 4.78 is 18.4. The number of H-pyrrole nitrogens is 1. The number of nitrogens with zero attached hydrogens (tertiary/aromatic N) is 1. The molecule has 0 saturated carbocycles. The van der Waals surface area contributed by atoms with E-state index in [1.54, 1.807) is 24.3 Å². The second-order valence-electron chi connectivity index (χ2n) is 6.54. The predicted octanol–water partition coefficient (Wildman–Crippen LogP) is 4.67. The zero-order chi connectivity index (χ0) is 21.1. The summed E-state index contributed by atoms with van der Waals surface area (Å²) in [4.78, 5) is 32.1. The number of anilines is 1. The minimum atomic E-state index is -1.05. The molecule has 0 spiro atoms. The largest absolute Gasteiger partial charge is 0.449 e. The fourth-order valence-electron chi connectivity index (χ4n) is 2.55. The lowest BCUT2D eigenvalue weighted by molar-refractivity contribution is -0.123. The molecule has 1 aromatic heterocycles. The number of carbonyl (C=O) groups is 2. The second-order valence-corrected chi connectivity index (χ2v) is 6.95. The third-order valence-corrected chi connectivity index (χ3v) is 4.65. The Hall–Kier alpha value is -3.19. The fraction of sp³-hybridized carbons (Fsp3) is 0.190. The van der Waals surface area contributed by atoms with E-state index in [9.17, 15) is 14.0 Å². The molecule has 8 heteroatoms. The Morgan fingerprint density at radius 1 is 1.17 bits per heavy atom. The van der Waals surface area contributed by atoms with Gasteiger partial charge in [0.15, 0.2) is 6.10 Å². The molecular weight excluding hydrogens is 397 g/mol. The Morgan fingerprint density at radius 3 is 2.45 bits per heavy atom. The number of aryl methyl sites for hydroxylation is 2. The normalized spacial score (nSPS) is 11.8. The molecule has 1 heterocycles. The molecule has 0 fully saturated rings. The molecule has 3 rings (SSSR count). The van der Waals surface area contributed by atoms with E-state index in [0.29, 0.717) is 17.1 Å². The maximum absolute atomic E-state index is 13.2. The fourth-order valence-corrected chi connectivity index (χ4v) is 2.73. The first-order chi connectivity index (χ1) is 13.7. The van der Waals surface area contributed by atoms with Gasteiger partial charge in [0.1, 0.15) is 11.6 Å². The smallest absolute Gasteiger partial charge is 0.338 e. The highest BCUT2D eigenvalue weighted by molar-refractivity contribution is 6.31. The van der Waals surface area contributed by atoms with Crippen LogP contribution in [0.15, 0.2) is 42.5 Å². The molecule has 1 atom stereocenters. The van der Waals surface area contributed by atoms with Crippen molar-refractivity contribution in [2.24, 2.45) is 0 Å². The van der Waals surface area contributed by atoms with Crippen LogP contribution < -0.4 is 5.32 Å². The van der Waals surface area contributed by atoms with Crippen LogP contribution in [0.3, 0.4) is 0 Å². The van der Waals surface area contributed by atoms with E-state index in [4.69, 9.17) is 16.3 Å². The molecule has 1 unspecified atom stereocenters. The number of rotatable bonds is 5. The van der Waals surface area contributed by atoms with E-state index in [2.05, 4.69) is 15.3 Å². The van der Waals surface area contributed by atoms with Gasteiger partial charge in [-0.25, -0.2) is 14.2 Å². The molecule has 2 N–H and O–H groups in total. The van der Waals surface area contributed by atoms with Crippen LogP contribution in [0.5, 0.6) is 0 Å². The number of carbonyl (C=O) groups excluding carboxylic acids is 2. The summed E-state index contributed by atoms with van der Waals surface area (Å²) in [6.07, 6.45) is -1.05. The van der Waals surface area contributed by atoms with Crippen LogP contribution in [0.1, 0.15) is 28.7 Å². The number of imidazole rings is 1. The first-order valence-corrected chi connectivity index (χ1v) is 9.23. The Balaban J connectivity index is 1.62. The maximum Gasteiger partial charge on any atom is 0.338 e. The molecule has 0 aliphatic rings. The lowest BCUT2D eigenvalue weighted by Gasteiger charge is -2.14. The van der Waals surface area contributed by atoms with E-state index in [0.717, 1.165) is 23.0 Å². The van der Waals surface area contributed by atoms with Gasteiger partial charge in [0, 0.05) is 16.9 Å². The molecule has 1 amide bonds. The number of ether oxygens (including phenoxy) is 1. The number of benzene rings is 2. The number of hydrogen-bond donors (Lipinski definition) is 2. The number of aromatic amines is 1. The van der Waals surface area contributed by atoms with Gasteiger partial charge in [-0.05, 0) is 51.1 Å². The van der Waals surface area contributed by atoms with Gasteiger partial charge in [0.25, 0.3) is 5.91 Å². The molecule has 29 heavy (non-hydrogen) atoms. The molecule has 3 aromatic rings. The quantitative estimate of drug-likeness (QED) is 0.593. The van der Waals surface area contributed by atoms with Crippen LogP contribution in [0.25, 0.3) is 11.4 Å².